The molecule has 2 aromatic rings. The molecule has 7 nitrogen and oxygen atoms in total. The Morgan fingerprint density at radius 2 is 1.72 bits per heavy atom. The van der Waals surface area contributed by atoms with Gasteiger partial charge in [-0.15, -0.1) is 10.2 Å². The SMILES string of the molecule is CC(C)[NH+](Cc1nnc(-c2ccc(Cl)cc2)o1)CN1C(=O)[C@H]2CCCC[C@H]2C1=O. The van der Waals surface area contributed by atoms with Crippen LogP contribution in [0.25, 0.3) is 11.5 Å². The molecular weight excluding hydrogens is 392 g/mol. The van der Waals surface area contributed by atoms with E-state index in [-0.39, 0.29) is 29.7 Å². The summed E-state index contributed by atoms with van der Waals surface area (Å²) in [6.45, 7) is 4.90. The minimum absolute atomic E-state index is 0.00904. The molecule has 8 heteroatoms. The lowest BCUT2D eigenvalue weighted by atomic mass is 9.81. The Morgan fingerprint density at radius 1 is 1.10 bits per heavy atom. The molecule has 0 radical (unpaired) electrons. The molecule has 2 heterocycles. The van der Waals surface area contributed by atoms with Gasteiger partial charge in [-0.05, 0) is 51.0 Å². The summed E-state index contributed by atoms with van der Waals surface area (Å²) >= 11 is 5.93. The highest BCUT2D eigenvalue weighted by Gasteiger charge is 2.49. The summed E-state index contributed by atoms with van der Waals surface area (Å²) in [6, 6.07) is 7.39. The summed E-state index contributed by atoms with van der Waals surface area (Å²) in [5.74, 6) is 0.652. The summed E-state index contributed by atoms with van der Waals surface area (Å²) in [7, 11) is 0. The molecule has 0 spiro atoms. The summed E-state index contributed by atoms with van der Waals surface area (Å²) < 4.78 is 5.83. The molecule has 2 fully saturated rings. The molecule has 1 aliphatic heterocycles. The standard InChI is InChI=1S/C21H25ClN4O3/c1-13(2)25(12-26-20(27)16-5-3-4-6-17(16)21(26)28)11-18-23-24-19(29-18)14-7-9-15(22)10-8-14/h7-10,13,16-17H,3-6,11-12H2,1-2H3/p+1/t16-,17+. The molecule has 29 heavy (non-hydrogen) atoms. The van der Waals surface area contributed by atoms with Gasteiger partial charge >= 0.3 is 0 Å². The van der Waals surface area contributed by atoms with Crippen molar-refractivity contribution < 1.29 is 18.9 Å². The van der Waals surface area contributed by atoms with Gasteiger partial charge in [-0.25, -0.2) is 4.90 Å². The molecule has 3 atom stereocenters. The number of aromatic nitrogens is 2. The topological polar surface area (TPSA) is 80.7 Å². The molecule has 2 aliphatic rings. The van der Waals surface area contributed by atoms with Crippen LogP contribution in [0.15, 0.2) is 28.7 Å². The first-order valence-electron chi connectivity index (χ1n) is 10.2. The van der Waals surface area contributed by atoms with E-state index < -0.39 is 0 Å². The number of rotatable bonds is 6. The number of benzene rings is 1. The van der Waals surface area contributed by atoms with Crippen molar-refractivity contribution in [2.45, 2.75) is 52.1 Å². The van der Waals surface area contributed by atoms with Gasteiger partial charge in [0.2, 0.25) is 17.7 Å². The van der Waals surface area contributed by atoms with Crippen molar-refractivity contribution in [1.82, 2.24) is 15.1 Å². The average molecular weight is 418 g/mol. The highest BCUT2D eigenvalue weighted by Crippen LogP contribution is 2.37. The Morgan fingerprint density at radius 3 is 2.31 bits per heavy atom. The van der Waals surface area contributed by atoms with Crippen LogP contribution in [0.5, 0.6) is 0 Å². The fourth-order valence-electron chi connectivity index (χ4n) is 4.26. The van der Waals surface area contributed by atoms with Crippen LogP contribution in [-0.2, 0) is 16.1 Å². The number of nitrogens with zero attached hydrogens (tertiary/aromatic N) is 3. The van der Waals surface area contributed by atoms with Crippen LogP contribution < -0.4 is 4.90 Å². The fraction of sp³-hybridized carbons (Fsp3) is 0.524. The first-order valence-corrected chi connectivity index (χ1v) is 10.6. The highest BCUT2D eigenvalue weighted by molar-refractivity contribution is 6.30. The minimum atomic E-state index is -0.121. The summed E-state index contributed by atoms with van der Waals surface area (Å²) in [6.07, 6.45) is 3.72. The monoisotopic (exact) mass is 417 g/mol. The lowest BCUT2D eigenvalue weighted by Crippen LogP contribution is -3.15. The molecule has 2 amide bonds. The van der Waals surface area contributed by atoms with Crippen LogP contribution in [0.4, 0.5) is 0 Å². The minimum Gasteiger partial charge on any atom is -0.415 e. The van der Waals surface area contributed by atoms with E-state index in [9.17, 15) is 9.59 Å². The Kier molecular flexibility index (Phi) is 5.69. The molecule has 1 aromatic carbocycles. The number of quaternary nitrogens is 1. The Hall–Kier alpha value is -2.25. The second kappa shape index (κ2) is 8.24. The van der Waals surface area contributed by atoms with E-state index in [1.165, 1.54) is 4.90 Å². The number of amides is 2. The van der Waals surface area contributed by atoms with Gasteiger partial charge in [0.1, 0.15) is 0 Å². The largest absolute Gasteiger partial charge is 0.415 e. The van der Waals surface area contributed by atoms with Crippen LogP contribution >= 0.6 is 11.6 Å². The number of hydrogen-bond donors (Lipinski definition) is 1. The zero-order valence-corrected chi connectivity index (χ0v) is 17.5. The number of halogens is 1. The van der Waals surface area contributed by atoms with E-state index in [1.54, 1.807) is 12.1 Å². The summed E-state index contributed by atoms with van der Waals surface area (Å²) in [5.41, 5.74) is 0.799. The molecule has 0 bridgehead atoms. The zero-order chi connectivity index (χ0) is 20.5. The van der Waals surface area contributed by atoms with E-state index >= 15 is 0 Å². The maximum Gasteiger partial charge on any atom is 0.271 e. The van der Waals surface area contributed by atoms with Gasteiger partial charge in [0.15, 0.2) is 13.2 Å². The normalized spacial score (nSPS) is 23.0. The van der Waals surface area contributed by atoms with Crippen LogP contribution in [0.3, 0.4) is 0 Å². The van der Waals surface area contributed by atoms with Gasteiger partial charge in [0, 0.05) is 10.6 Å². The van der Waals surface area contributed by atoms with E-state index in [0.717, 1.165) is 36.1 Å². The van der Waals surface area contributed by atoms with Crippen molar-refractivity contribution in [3.8, 4) is 11.5 Å². The lowest BCUT2D eigenvalue weighted by Gasteiger charge is -2.26. The Balaban J connectivity index is 1.47. The van der Waals surface area contributed by atoms with Gasteiger partial charge < -0.3 is 9.32 Å². The number of carbonyl (C=O) groups excluding carboxylic acids is 2. The number of carbonyl (C=O) groups is 2. The number of likely N-dealkylation sites (tertiary alicyclic amines) is 1. The van der Waals surface area contributed by atoms with Crippen molar-refractivity contribution in [1.29, 1.82) is 0 Å². The molecule has 154 valence electrons. The Bertz CT molecular complexity index is 872. The first-order chi connectivity index (χ1) is 13.9. The highest BCUT2D eigenvalue weighted by atomic mass is 35.5. The van der Waals surface area contributed by atoms with Crippen molar-refractivity contribution in [3.63, 3.8) is 0 Å². The zero-order valence-electron chi connectivity index (χ0n) is 16.7. The van der Waals surface area contributed by atoms with Crippen LogP contribution in [0.2, 0.25) is 5.02 Å². The quantitative estimate of drug-likeness (QED) is 0.729. The second-order valence-corrected chi connectivity index (χ2v) is 8.69. The van der Waals surface area contributed by atoms with Crippen LogP contribution in [0.1, 0.15) is 45.4 Å². The van der Waals surface area contributed by atoms with Crippen molar-refractivity contribution in [2.24, 2.45) is 11.8 Å². The number of imide groups is 1. The maximum absolute atomic E-state index is 12.8. The van der Waals surface area contributed by atoms with E-state index in [1.807, 2.05) is 12.1 Å². The molecule has 1 saturated heterocycles. The number of fused-ring (bicyclic) bond motifs is 1. The lowest BCUT2D eigenvalue weighted by molar-refractivity contribution is -0.943. The smallest absolute Gasteiger partial charge is 0.271 e. The third-order valence-corrected chi connectivity index (χ3v) is 6.30. The van der Waals surface area contributed by atoms with Crippen molar-refractivity contribution in [2.75, 3.05) is 6.67 Å². The molecule has 1 aromatic heterocycles. The van der Waals surface area contributed by atoms with Gasteiger partial charge in [-0.2, -0.15) is 0 Å². The molecule has 1 saturated carbocycles. The number of nitrogens with one attached hydrogen (secondary N) is 1. The molecule has 1 N–H and O–H groups in total. The summed E-state index contributed by atoms with van der Waals surface area (Å²) in [5, 5.41) is 8.93. The maximum atomic E-state index is 12.8. The van der Waals surface area contributed by atoms with Crippen LogP contribution in [-0.4, -0.2) is 39.6 Å². The Labute approximate surface area is 175 Å². The fourth-order valence-corrected chi connectivity index (χ4v) is 4.39. The third-order valence-electron chi connectivity index (χ3n) is 6.05. The predicted molar refractivity (Wildman–Crippen MR) is 107 cm³/mol. The van der Waals surface area contributed by atoms with Crippen molar-refractivity contribution in [3.05, 3.63) is 35.2 Å². The first kappa shape index (κ1) is 20.0. The average Bonchev–Trinajstić information content (AvgIpc) is 3.27. The van der Waals surface area contributed by atoms with Gasteiger partial charge in [0.05, 0.1) is 17.9 Å². The molecular formula is C21H26ClN4O3+. The van der Waals surface area contributed by atoms with E-state index in [0.29, 0.717) is 30.0 Å². The van der Waals surface area contributed by atoms with Gasteiger partial charge in [0.25, 0.3) is 5.89 Å². The second-order valence-electron chi connectivity index (χ2n) is 8.26. The molecule has 1 aliphatic carbocycles. The molecule has 1 unspecified atom stereocenters. The summed E-state index contributed by atoms with van der Waals surface area (Å²) in [4.78, 5) is 28.1. The van der Waals surface area contributed by atoms with E-state index in [2.05, 4.69) is 24.0 Å². The number of hydrogen-bond acceptors (Lipinski definition) is 5. The van der Waals surface area contributed by atoms with E-state index in [4.69, 9.17) is 16.0 Å². The third kappa shape index (κ3) is 4.07. The predicted octanol–water partition coefficient (Wildman–Crippen LogP) is 2.32. The van der Waals surface area contributed by atoms with Crippen LogP contribution in [0, 0.1) is 11.8 Å². The van der Waals surface area contributed by atoms with Gasteiger partial charge in [-0.3, -0.25) is 9.59 Å². The molecule has 4 rings (SSSR count). The van der Waals surface area contributed by atoms with Gasteiger partial charge in [-0.1, -0.05) is 24.4 Å². The van der Waals surface area contributed by atoms with Crippen molar-refractivity contribution >= 4 is 23.4 Å².